The monoisotopic (exact) mass is 169 g/mol. The van der Waals surface area contributed by atoms with Crippen molar-refractivity contribution in [1.82, 2.24) is 4.90 Å². The summed E-state index contributed by atoms with van der Waals surface area (Å²) < 4.78 is 5.82. The molecule has 0 bridgehead atoms. The van der Waals surface area contributed by atoms with Crippen LogP contribution in [0.4, 0.5) is 0 Å². The summed E-state index contributed by atoms with van der Waals surface area (Å²) in [7, 11) is 0. The molecule has 1 aliphatic carbocycles. The highest BCUT2D eigenvalue weighted by Crippen LogP contribution is 2.28. The number of rotatable bonds is 1. The van der Waals surface area contributed by atoms with Gasteiger partial charge in [-0.15, -0.1) is 0 Å². The topological polar surface area (TPSA) is 12.5 Å². The van der Waals surface area contributed by atoms with Gasteiger partial charge in [-0.3, -0.25) is 4.90 Å². The molecule has 0 radical (unpaired) electrons. The molecule has 2 fully saturated rings. The molecule has 2 atom stereocenters. The second-order valence-electron chi connectivity index (χ2n) is 3.89. The van der Waals surface area contributed by atoms with E-state index in [2.05, 4.69) is 11.8 Å². The fourth-order valence-corrected chi connectivity index (χ4v) is 2.58. The molecule has 2 aliphatic rings. The van der Waals surface area contributed by atoms with Crippen molar-refractivity contribution in [3.8, 4) is 0 Å². The Morgan fingerprint density at radius 1 is 1.33 bits per heavy atom. The number of nitrogens with zero attached hydrogens (tertiary/aromatic N) is 1. The highest BCUT2D eigenvalue weighted by atomic mass is 16.5. The lowest BCUT2D eigenvalue weighted by atomic mass is 10.2. The first kappa shape index (κ1) is 8.52. The second kappa shape index (κ2) is 3.75. The molecule has 1 heterocycles. The Hall–Kier alpha value is -0.0800. The lowest BCUT2D eigenvalue weighted by Crippen LogP contribution is -2.39. The van der Waals surface area contributed by atoms with Gasteiger partial charge < -0.3 is 4.74 Å². The Morgan fingerprint density at radius 2 is 2.25 bits per heavy atom. The van der Waals surface area contributed by atoms with Crippen molar-refractivity contribution >= 4 is 0 Å². The third-order valence-corrected chi connectivity index (χ3v) is 3.21. The van der Waals surface area contributed by atoms with E-state index < -0.39 is 0 Å². The first-order valence-corrected chi connectivity index (χ1v) is 5.27. The van der Waals surface area contributed by atoms with Crippen LogP contribution in [0.2, 0.25) is 0 Å². The van der Waals surface area contributed by atoms with E-state index >= 15 is 0 Å². The van der Waals surface area contributed by atoms with Gasteiger partial charge in [0.15, 0.2) is 0 Å². The van der Waals surface area contributed by atoms with Gasteiger partial charge in [0.25, 0.3) is 0 Å². The Labute approximate surface area is 74.9 Å². The van der Waals surface area contributed by atoms with Crippen molar-refractivity contribution in [2.75, 3.05) is 19.7 Å². The minimum atomic E-state index is 0.562. The van der Waals surface area contributed by atoms with E-state index in [0.29, 0.717) is 6.10 Å². The van der Waals surface area contributed by atoms with Crippen LogP contribution in [0.3, 0.4) is 0 Å². The molecule has 70 valence electrons. The summed E-state index contributed by atoms with van der Waals surface area (Å²) in [5, 5.41) is 0. The Morgan fingerprint density at radius 3 is 3.08 bits per heavy atom. The SMILES string of the molecule is CCN1CCCOC2CCCC21. The molecule has 2 nitrogen and oxygen atoms in total. The number of fused-ring (bicyclic) bond motifs is 1. The van der Waals surface area contributed by atoms with E-state index in [1.54, 1.807) is 0 Å². The fraction of sp³-hybridized carbons (Fsp3) is 1.00. The van der Waals surface area contributed by atoms with Crippen LogP contribution in [-0.4, -0.2) is 36.7 Å². The van der Waals surface area contributed by atoms with Gasteiger partial charge >= 0.3 is 0 Å². The number of hydrogen-bond donors (Lipinski definition) is 0. The zero-order chi connectivity index (χ0) is 8.39. The maximum Gasteiger partial charge on any atom is 0.0730 e. The predicted octanol–water partition coefficient (Wildman–Crippen LogP) is 1.65. The second-order valence-corrected chi connectivity index (χ2v) is 3.89. The molecule has 2 heteroatoms. The average Bonchev–Trinajstić information content (AvgIpc) is 2.46. The highest BCUT2D eigenvalue weighted by molar-refractivity contribution is 4.87. The van der Waals surface area contributed by atoms with Crippen molar-refractivity contribution in [1.29, 1.82) is 0 Å². The van der Waals surface area contributed by atoms with Crippen LogP contribution in [0, 0.1) is 0 Å². The summed E-state index contributed by atoms with van der Waals surface area (Å²) in [6, 6.07) is 0.748. The van der Waals surface area contributed by atoms with Gasteiger partial charge in [-0.2, -0.15) is 0 Å². The smallest absolute Gasteiger partial charge is 0.0730 e. The first-order valence-electron chi connectivity index (χ1n) is 5.27. The van der Waals surface area contributed by atoms with E-state index in [9.17, 15) is 0 Å². The van der Waals surface area contributed by atoms with E-state index in [4.69, 9.17) is 4.74 Å². The molecule has 12 heavy (non-hydrogen) atoms. The molecular weight excluding hydrogens is 150 g/mol. The van der Waals surface area contributed by atoms with E-state index in [-0.39, 0.29) is 0 Å². The van der Waals surface area contributed by atoms with E-state index in [1.807, 2.05) is 0 Å². The molecule has 0 aromatic heterocycles. The van der Waals surface area contributed by atoms with Crippen molar-refractivity contribution in [2.45, 2.75) is 44.8 Å². The van der Waals surface area contributed by atoms with Crippen LogP contribution in [0.5, 0.6) is 0 Å². The Bertz CT molecular complexity index is 149. The third-order valence-electron chi connectivity index (χ3n) is 3.21. The third kappa shape index (κ3) is 1.50. The van der Waals surface area contributed by atoms with Gasteiger partial charge in [0.2, 0.25) is 0 Å². The zero-order valence-electron chi connectivity index (χ0n) is 7.96. The van der Waals surface area contributed by atoms with Crippen LogP contribution in [0.15, 0.2) is 0 Å². The molecule has 0 aromatic carbocycles. The zero-order valence-corrected chi connectivity index (χ0v) is 7.96. The molecule has 0 aromatic rings. The van der Waals surface area contributed by atoms with Crippen molar-refractivity contribution in [2.24, 2.45) is 0 Å². The molecular formula is C10H19NO. The van der Waals surface area contributed by atoms with Crippen LogP contribution in [-0.2, 0) is 4.74 Å². The Balaban J connectivity index is 2.02. The quantitative estimate of drug-likeness (QED) is 0.592. The van der Waals surface area contributed by atoms with Gasteiger partial charge in [-0.1, -0.05) is 6.92 Å². The molecule has 0 amide bonds. The minimum Gasteiger partial charge on any atom is -0.377 e. The molecule has 1 aliphatic heterocycles. The van der Waals surface area contributed by atoms with Crippen LogP contribution < -0.4 is 0 Å². The van der Waals surface area contributed by atoms with Crippen LogP contribution >= 0.6 is 0 Å². The normalized spacial score (nSPS) is 37.8. The van der Waals surface area contributed by atoms with Gasteiger partial charge in [0.1, 0.15) is 0 Å². The molecule has 2 unspecified atom stereocenters. The Kier molecular flexibility index (Phi) is 2.66. The van der Waals surface area contributed by atoms with Crippen LogP contribution in [0.25, 0.3) is 0 Å². The summed E-state index contributed by atoms with van der Waals surface area (Å²) in [5.41, 5.74) is 0. The number of ether oxygens (including phenoxy) is 1. The van der Waals surface area contributed by atoms with E-state index in [0.717, 1.165) is 12.6 Å². The summed E-state index contributed by atoms with van der Waals surface area (Å²) >= 11 is 0. The van der Waals surface area contributed by atoms with Crippen molar-refractivity contribution < 1.29 is 4.74 Å². The van der Waals surface area contributed by atoms with Gasteiger partial charge in [-0.05, 0) is 32.2 Å². The summed E-state index contributed by atoms with van der Waals surface area (Å²) in [6.07, 6.45) is 5.80. The van der Waals surface area contributed by atoms with E-state index in [1.165, 1.54) is 38.8 Å². The van der Waals surface area contributed by atoms with Gasteiger partial charge in [0.05, 0.1) is 6.10 Å². The maximum atomic E-state index is 5.82. The first-order chi connectivity index (χ1) is 5.92. The van der Waals surface area contributed by atoms with Gasteiger partial charge in [-0.25, -0.2) is 0 Å². The standard InChI is InChI=1S/C10H19NO/c1-2-11-7-4-8-12-10-6-3-5-9(10)11/h9-10H,2-8H2,1H3. The maximum absolute atomic E-state index is 5.82. The highest BCUT2D eigenvalue weighted by Gasteiger charge is 2.33. The fourth-order valence-electron chi connectivity index (χ4n) is 2.58. The summed E-state index contributed by atoms with van der Waals surface area (Å²) in [5.74, 6) is 0. The van der Waals surface area contributed by atoms with Crippen molar-refractivity contribution in [3.63, 3.8) is 0 Å². The molecule has 2 rings (SSSR count). The lowest BCUT2D eigenvalue weighted by molar-refractivity contribution is 0.0345. The molecule has 0 spiro atoms. The molecule has 1 saturated carbocycles. The molecule has 1 saturated heterocycles. The van der Waals surface area contributed by atoms with Crippen molar-refractivity contribution in [3.05, 3.63) is 0 Å². The largest absolute Gasteiger partial charge is 0.377 e. The van der Waals surface area contributed by atoms with Gasteiger partial charge in [0, 0.05) is 19.2 Å². The number of likely N-dealkylation sites (N-methyl/N-ethyl adjacent to an activating group) is 1. The predicted molar refractivity (Wildman–Crippen MR) is 49.2 cm³/mol. The average molecular weight is 169 g/mol. The van der Waals surface area contributed by atoms with Crippen LogP contribution in [0.1, 0.15) is 32.6 Å². The molecule has 0 N–H and O–H groups in total. The summed E-state index contributed by atoms with van der Waals surface area (Å²) in [6.45, 7) is 5.70. The minimum absolute atomic E-state index is 0.562. The lowest BCUT2D eigenvalue weighted by Gasteiger charge is -2.28. The number of hydrogen-bond acceptors (Lipinski definition) is 2. The summed E-state index contributed by atoms with van der Waals surface area (Å²) in [4.78, 5) is 2.60.